The smallest absolute Gasteiger partial charge is 0.0569 e. The lowest BCUT2D eigenvalue weighted by molar-refractivity contribution is 0.187. The van der Waals surface area contributed by atoms with Gasteiger partial charge >= 0.3 is 0 Å². The molecule has 15 heavy (non-hydrogen) atoms. The molecule has 5 nitrogen and oxygen atoms in total. The van der Waals surface area contributed by atoms with E-state index in [1.165, 1.54) is 5.69 Å². The summed E-state index contributed by atoms with van der Waals surface area (Å²) in [5.74, 6) is 0. The highest BCUT2D eigenvalue weighted by Gasteiger charge is 2.18. The second-order valence-corrected chi connectivity index (χ2v) is 3.90. The van der Waals surface area contributed by atoms with Crippen LogP contribution in [0.15, 0.2) is 6.20 Å². The molecule has 0 saturated carbocycles. The summed E-state index contributed by atoms with van der Waals surface area (Å²) in [4.78, 5) is 2.34. The summed E-state index contributed by atoms with van der Waals surface area (Å²) in [7, 11) is 0. The molecule has 5 heteroatoms. The summed E-state index contributed by atoms with van der Waals surface area (Å²) in [6.45, 7) is 4.63. The van der Waals surface area contributed by atoms with E-state index < -0.39 is 0 Å². The SMILES string of the molecule is NCc1cnn2c1CN(CCCO)CC2. The first-order valence-electron chi connectivity index (χ1n) is 5.42. The zero-order chi connectivity index (χ0) is 10.7. The largest absolute Gasteiger partial charge is 0.396 e. The molecule has 1 aromatic rings. The normalized spacial score (nSPS) is 16.7. The molecule has 0 fully saturated rings. The van der Waals surface area contributed by atoms with Crippen LogP contribution in [0.5, 0.6) is 0 Å². The molecule has 0 atom stereocenters. The standard InChI is InChI=1S/C10H18N4O/c11-6-9-7-12-14-4-3-13(2-1-5-15)8-10(9)14/h7,15H,1-6,8,11H2. The molecule has 0 radical (unpaired) electrons. The number of hydrogen-bond donors (Lipinski definition) is 2. The lowest BCUT2D eigenvalue weighted by Crippen LogP contribution is -2.35. The van der Waals surface area contributed by atoms with Gasteiger partial charge in [-0.1, -0.05) is 0 Å². The number of hydrogen-bond acceptors (Lipinski definition) is 4. The van der Waals surface area contributed by atoms with Gasteiger partial charge in [0.2, 0.25) is 0 Å². The number of nitrogens with two attached hydrogens (primary N) is 1. The van der Waals surface area contributed by atoms with Crippen molar-refractivity contribution in [3.05, 3.63) is 17.5 Å². The summed E-state index contributed by atoms with van der Waals surface area (Å²) in [5, 5.41) is 13.1. The number of aromatic nitrogens is 2. The second kappa shape index (κ2) is 4.74. The van der Waals surface area contributed by atoms with E-state index in [9.17, 15) is 0 Å². The van der Waals surface area contributed by atoms with Gasteiger partial charge in [0.05, 0.1) is 18.4 Å². The van der Waals surface area contributed by atoms with Gasteiger partial charge < -0.3 is 10.8 Å². The first kappa shape index (κ1) is 10.6. The van der Waals surface area contributed by atoms with Crippen molar-refractivity contribution in [3.8, 4) is 0 Å². The Hall–Kier alpha value is -0.910. The van der Waals surface area contributed by atoms with Crippen LogP contribution >= 0.6 is 0 Å². The average Bonchev–Trinajstić information content (AvgIpc) is 2.68. The fraction of sp³-hybridized carbons (Fsp3) is 0.700. The first-order valence-corrected chi connectivity index (χ1v) is 5.42. The van der Waals surface area contributed by atoms with Crippen LogP contribution in [0.4, 0.5) is 0 Å². The van der Waals surface area contributed by atoms with Crippen molar-refractivity contribution in [3.63, 3.8) is 0 Å². The lowest BCUT2D eigenvalue weighted by atomic mass is 10.2. The predicted octanol–water partition coefficient (Wildman–Crippen LogP) is -0.460. The van der Waals surface area contributed by atoms with Gasteiger partial charge in [0, 0.05) is 38.3 Å². The number of aliphatic hydroxyl groups excluding tert-OH is 1. The number of aliphatic hydroxyl groups is 1. The topological polar surface area (TPSA) is 67.3 Å². The highest BCUT2D eigenvalue weighted by atomic mass is 16.3. The predicted molar refractivity (Wildman–Crippen MR) is 57.1 cm³/mol. The van der Waals surface area contributed by atoms with Crippen LogP contribution in [0, 0.1) is 0 Å². The van der Waals surface area contributed by atoms with Crippen molar-refractivity contribution in [2.75, 3.05) is 19.7 Å². The van der Waals surface area contributed by atoms with Gasteiger partial charge in [0.25, 0.3) is 0 Å². The van der Waals surface area contributed by atoms with Crippen molar-refractivity contribution in [1.82, 2.24) is 14.7 Å². The summed E-state index contributed by atoms with van der Waals surface area (Å²) < 4.78 is 2.04. The molecule has 1 aromatic heterocycles. The van der Waals surface area contributed by atoms with E-state index in [4.69, 9.17) is 10.8 Å². The van der Waals surface area contributed by atoms with Gasteiger partial charge in [0.1, 0.15) is 0 Å². The van der Waals surface area contributed by atoms with E-state index in [0.29, 0.717) is 6.54 Å². The monoisotopic (exact) mass is 210 g/mol. The van der Waals surface area contributed by atoms with Crippen molar-refractivity contribution < 1.29 is 5.11 Å². The van der Waals surface area contributed by atoms with E-state index in [1.54, 1.807) is 0 Å². The first-order chi connectivity index (χ1) is 7.35. The van der Waals surface area contributed by atoms with Crippen molar-refractivity contribution in [2.45, 2.75) is 26.1 Å². The highest BCUT2D eigenvalue weighted by molar-refractivity contribution is 5.18. The number of fused-ring (bicyclic) bond motifs is 1. The molecule has 0 bridgehead atoms. The Morgan fingerprint density at radius 2 is 2.33 bits per heavy atom. The zero-order valence-electron chi connectivity index (χ0n) is 8.89. The molecule has 0 unspecified atom stereocenters. The van der Waals surface area contributed by atoms with Gasteiger partial charge in [0.15, 0.2) is 0 Å². The maximum Gasteiger partial charge on any atom is 0.0569 e. The fourth-order valence-electron chi connectivity index (χ4n) is 2.01. The average molecular weight is 210 g/mol. The molecule has 2 rings (SSSR count). The van der Waals surface area contributed by atoms with E-state index >= 15 is 0 Å². The third-order valence-corrected chi connectivity index (χ3v) is 2.89. The van der Waals surface area contributed by atoms with Crippen LogP contribution in [-0.2, 0) is 19.6 Å². The minimum absolute atomic E-state index is 0.263. The molecule has 3 N–H and O–H groups in total. The molecular formula is C10H18N4O. The third-order valence-electron chi connectivity index (χ3n) is 2.89. The van der Waals surface area contributed by atoms with Crippen molar-refractivity contribution in [2.24, 2.45) is 5.73 Å². The maximum absolute atomic E-state index is 8.79. The zero-order valence-corrected chi connectivity index (χ0v) is 8.89. The summed E-state index contributed by atoms with van der Waals surface area (Å²) in [5.41, 5.74) is 8.03. The molecule has 0 aromatic carbocycles. The minimum atomic E-state index is 0.263. The van der Waals surface area contributed by atoms with Gasteiger partial charge in [-0.25, -0.2) is 0 Å². The van der Waals surface area contributed by atoms with Crippen LogP contribution in [0.1, 0.15) is 17.7 Å². The maximum atomic E-state index is 8.79. The summed E-state index contributed by atoms with van der Waals surface area (Å²) in [6, 6.07) is 0. The molecule has 0 aliphatic carbocycles. The van der Waals surface area contributed by atoms with Gasteiger partial charge in [-0.2, -0.15) is 5.10 Å². The van der Waals surface area contributed by atoms with E-state index in [1.807, 2.05) is 10.9 Å². The van der Waals surface area contributed by atoms with Gasteiger partial charge in [-0.15, -0.1) is 0 Å². The van der Waals surface area contributed by atoms with E-state index in [-0.39, 0.29) is 6.61 Å². The molecule has 1 aliphatic heterocycles. The van der Waals surface area contributed by atoms with E-state index in [0.717, 1.165) is 38.2 Å². The van der Waals surface area contributed by atoms with Gasteiger partial charge in [-0.05, 0) is 6.42 Å². The molecule has 2 heterocycles. The van der Waals surface area contributed by atoms with Crippen LogP contribution in [0.3, 0.4) is 0 Å². The molecule has 0 spiro atoms. The van der Waals surface area contributed by atoms with Crippen molar-refractivity contribution in [1.29, 1.82) is 0 Å². The summed E-state index contributed by atoms with van der Waals surface area (Å²) >= 11 is 0. The Bertz CT molecular complexity index is 310. The van der Waals surface area contributed by atoms with E-state index in [2.05, 4.69) is 10.00 Å². The second-order valence-electron chi connectivity index (χ2n) is 3.90. The van der Waals surface area contributed by atoms with Crippen LogP contribution in [0.25, 0.3) is 0 Å². The quantitative estimate of drug-likeness (QED) is 0.705. The Labute approximate surface area is 89.5 Å². The Kier molecular flexibility index (Phi) is 3.35. The number of rotatable bonds is 4. The van der Waals surface area contributed by atoms with Crippen molar-refractivity contribution >= 4 is 0 Å². The third kappa shape index (κ3) is 2.19. The fourth-order valence-corrected chi connectivity index (χ4v) is 2.01. The lowest BCUT2D eigenvalue weighted by Gasteiger charge is -2.27. The van der Waals surface area contributed by atoms with Crippen LogP contribution in [-0.4, -0.2) is 39.5 Å². The Morgan fingerprint density at radius 1 is 1.47 bits per heavy atom. The Balaban J connectivity index is 2.04. The van der Waals surface area contributed by atoms with Crippen LogP contribution in [0.2, 0.25) is 0 Å². The molecule has 0 amide bonds. The molecule has 84 valence electrons. The van der Waals surface area contributed by atoms with Gasteiger partial charge in [-0.3, -0.25) is 9.58 Å². The summed E-state index contributed by atoms with van der Waals surface area (Å²) in [6.07, 6.45) is 2.71. The minimum Gasteiger partial charge on any atom is -0.396 e. The van der Waals surface area contributed by atoms with Crippen LogP contribution < -0.4 is 5.73 Å². The molecule has 0 saturated heterocycles. The Morgan fingerprint density at radius 3 is 3.07 bits per heavy atom. The molecular weight excluding hydrogens is 192 g/mol. The number of nitrogens with zero attached hydrogens (tertiary/aromatic N) is 3. The molecule has 1 aliphatic rings. The highest BCUT2D eigenvalue weighted by Crippen LogP contribution is 2.15.